The Kier molecular flexibility index (Phi) is 6.07. The molecule has 0 aromatic heterocycles. The molecule has 0 spiro atoms. The zero-order valence-corrected chi connectivity index (χ0v) is 13.4. The zero-order chi connectivity index (χ0) is 17.0. The molecule has 0 heterocycles. The van der Waals surface area contributed by atoms with Crippen molar-refractivity contribution in [3.63, 3.8) is 0 Å². The molecule has 1 aliphatic rings. The number of halogens is 2. The van der Waals surface area contributed by atoms with Gasteiger partial charge in [-0.05, 0) is 50.3 Å². The van der Waals surface area contributed by atoms with Crippen LogP contribution in [-0.2, 0) is 9.53 Å². The van der Waals surface area contributed by atoms with Crippen molar-refractivity contribution in [2.75, 3.05) is 7.11 Å². The van der Waals surface area contributed by atoms with E-state index in [0.717, 1.165) is 37.8 Å². The summed E-state index contributed by atoms with van der Waals surface area (Å²) in [7, 11) is 1.40. The lowest BCUT2D eigenvalue weighted by molar-refractivity contribution is -0.146. The number of esters is 1. The highest BCUT2D eigenvalue weighted by molar-refractivity contribution is 5.72. The van der Waals surface area contributed by atoms with Crippen LogP contribution in [0.4, 0.5) is 8.78 Å². The molecule has 6 heteroatoms. The molecule has 0 amide bonds. The van der Waals surface area contributed by atoms with Gasteiger partial charge in [0.05, 0.1) is 19.1 Å². The highest BCUT2D eigenvalue weighted by atomic mass is 19.2. The van der Waals surface area contributed by atoms with Gasteiger partial charge in [0.25, 0.3) is 0 Å². The van der Waals surface area contributed by atoms with Gasteiger partial charge in [0.15, 0.2) is 11.6 Å². The molecule has 1 aliphatic carbocycles. The molecule has 0 radical (unpaired) electrons. The minimum Gasteiger partial charge on any atom is -0.469 e. The zero-order valence-electron chi connectivity index (χ0n) is 13.4. The highest BCUT2D eigenvalue weighted by Gasteiger charge is 2.28. The summed E-state index contributed by atoms with van der Waals surface area (Å²) in [6.07, 6.45) is 2.20. The molecule has 0 aliphatic heterocycles. The second kappa shape index (κ2) is 7.84. The lowest BCUT2D eigenvalue weighted by atomic mass is 9.85. The maximum atomic E-state index is 13.3. The van der Waals surface area contributed by atoms with Crippen molar-refractivity contribution in [3.05, 3.63) is 35.4 Å². The molecule has 2 N–H and O–H groups in total. The van der Waals surface area contributed by atoms with Crippen molar-refractivity contribution < 1.29 is 23.4 Å². The predicted octanol–water partition coefficient (Wildman–Crippen LogP) is 2.71. The van der Waals surface area contributed by atoms with Gasteiger partial charge >= 0.3 is 5.97 Å². The van der Waals surface area contributed by atoms with E-state index in [1.807, 2.05) is 0 Å². The van der Waals surface area contributed by atoms with Gasteiger partial charge in [-0.3, -0.25) is 4.79 Å². The predicted molar refractivity (Wildman–Crippen MR) is 81.7 cm³/mol. The summed E-state index contributed by atoms with van der Waals surface area (Å²) in [5, 5.41) is 13.6. The van der Waals surface area contributed by atoms with E-state index in [4.69, 9.17) is 4.74 Å². The van der Waals surface area contributed by atoms with Crippen LogP contribution in [0, 0.1) is 17.6 Å². The van der Waals surface area contributed by atoms with Crippen LogP contribution in [0.5, 0.6) is 0 Å². The molecule has 23 heavy (non-hydrogen) atoms. The fourth-order valence-corrected chi connectivity index (χ4v) is 3.11. The van der Waals surface area contributed by atoms with Crippen molar-refractivity contribution in [3.8, 4) is 0 Å². The molecule has 1 aromatic rings. The number of benzene rings is 1. The molecule has 1 saturated carbocycles. The third-order valence-corrected chi connectivity index (χ3v) is 4.52. The van der Waals surface area contributed by atoms with Gasteiger partial charge in [0.1, 0.15) is 0 Å². The number of hydrogen-bond donors (Lipinski definition) is 2. The first kappa shape index (κ1) is 17.8. The topological polar surface area (TPSA) is 58.6 Å². The number of rotatable bonds is 5. The Labute approximate surface area is 134 Å². The SMILES string of the molecule is COC(=O)C1CCC(NC(C)C(O)c2ccc(F)c(F)c2)CC1. The van der Waals surface area contributed by atoms with Gasteiger partial charge in [0.2, 0.25) is 0 Å². The van der Waals surface area contributed by atoms with Crippen LogP contribution in [0.1, 0.15) is 44.3 Å². The van der Waals surface area contributed by atoms with E-state index in [9.17, 15) is 18.7 Å². The summed E-state index contributed by atoms with van der Waals surface area (Å²) < 4.78 is 31.0. The Balaban J connectivity index is 1.88. The maximum Gasteiger partial charge on any atom is 0.308 e. The maximum absolute atomic E-state index is 13.3. The number of carbonyl (C=O) groups is 1. The average molecular weight is 327 g/mol. The number of aliphatic hydroxyl groups is 1. The first-order valence-electron chi connectivity index (χ1n) is 7.89. The van der Waals surface area contributed by atoms with Crippen LogP contribution in [0.25, 0.3) is 0 Å². The number of aliphatic hydroxyl groups excluding tert-OH is 1. The van der Waals surface area contributed by atoms with Gasteiger partial charge in [-0.25, -0.2) is 8.78 Å². The molecule has 1 fully saturated rings. The lowest BCUT2D eigenvalue weighted by Gasteiger charge is -2.31. The molecule has 0 bridgehead atoms. The lowest BCUT2D eigenvalue weighted by Crippen LogP contribution is -2.42. The largest absolute Gasteiger partial charge is 0.469 e. The summed E-state index contributed by atoms with van der Waals surface area (Å²) in [6.45, 7) is 1.80. The molecule has 128 valence electrons. The summed E-state index contributed by atoms with van der Waals surface area (Å²) >= 11 is 0. The van der Waals surface area contributed by atoms with Crippen LogP contribution < -0.4 is 5.32 Å². The summed E-state index contributed by atoms with van der Waals surface area (Å²) in [5.74, 6) is -2.11. The third kappa shape index (κ3) is 4.48. The van der Waals surface area contributed by atoms with Crippen LogP contribution in [0.2, 0.25) is 0 Å². The van der Waals surface area contributed by atoms with Gasteiger partial charge < -0.3 is 15.2 Å². The number of nitrogens with one attached hydrogen (secondary N) is 1. The summed E-state index contributed by atoms with van der Waals surface area (Å²) in [4.78, 5) is 11.5. The van der Waals surface area contributed by atoms with E-state index < -0.39 is 17.7 Å². The Morgan fingerprint density at radius 1 is 1.26 bits per heavy atom. The van der Waals surface area contributed by atoms with Crippen LogP contribution in [0.15, 0.2) is 18.2 Å². The molecule has 0 saturated heterocycles. The molecular weight excluding hydrogens is 304 g/mol. The smallest absolute Gasteiger partial charge is 0.308 e. The van der Waals surface area contributed by atoms with Gasteiger partial charge in [-0.2, -0.15) is 0 Å². The van der Waals surface area contributed by atoms with E-state index in [1.165, 1.54) is 13.2 Å². The normalized spacial score (nSPS) is 24.0. The highest BCUT2D eigenvalue weighted by Crippen LogP contribution is 2.27. The van der Waals surface area contributed by atoms with Gasteiger partial charge in [-0.15, -0.1) is 0 Å². The van der Waals surface area contributed by atoms with Crippen molar-refractivity contribution in [2.24, 2.45) is 5.92 Å². The van der Waals surface area contributed by atoms with Crippen molar-refractivity contribution in [1.82, 2.24) is 5.32 Å². The van der Waals surface area contributed by atoms with Crippen LogP contribution in [-0.4, -0.2) is 30.3 Å². The van der Waals surface area contributed by atoms with Gasteiger partial charge in [-0.1, -0.05) is 6.07 Å². The Bertz CT molecular complexity index is 545. The van der Waals surface area contributed by atoms with Crippen molar-refractivity contribution in [1.29, 1.82) is 0 Å². The monoisotopic (exact) mass is 327 g/mol. The second-order valence-corrected chi connectivity index (χ2v) is 6.15. The Hall–Kier alpha value is -1.53. The minimum absolute atomic E-state index is 0.0514. The molecule has 2 atom stereocenters. The number of hydrogen-bond acceptors (Lipinski definition) is 4. The van der Waals surface area contributed by atoms with Crippen molar-refractivity contribution in [2.45, 2.75) is 50.8 Å². The first-order valence-corrected chi connectivity index (χ1v) is 7.89. The van der Waals surface area contributed by atoms with Crippen molar-refractivity contribution >= 4 is 5.97 Å². The van der Waals surface area contributed by atoms with Gasteiger partial charge in [0, 0.05) is 12.1 Å². The van der Waals surface area contributed by atoms with E-state index in [-0.39, 0.29) is 24.0 Å². The Morgan fingerprint density at radius 2 is 1.91 bits per heavy atom. The first-order chi connectivity index (χ1) is 10.9. The molecular formula is C17H23F2NO3. The fourth-order valence-electron chi connectivity index (χ4n) is 3.11. The summed E-state index contributed by atoms with van der Waals surface area (Å²) in [6, 6.07) is 3.30. The van der Waals surface area contributed by atoms with Crippen LogP contribution in [0.3, 0.4) is 0 Å². The van der Waals surface area contributed by atoms with E-state index >= 15 is 0 Å². The summed E-state index contributed by atoms with van der Waals surface area (Å²) in [5.41, 5.74) is 0.340. The average Bonchev–Trinajstić information content (AvgIpc) is 2.56. The minimum atomic E-state index is -0.965. The van der Waals surface area contributed by atoms with Crippen LogP contribution >= 0.6 is 0 Å². The van der Waals surface area contributed by atoms with E-state index in [0.29, 0.717) is 5.56 Å². The molecule has 1 aromatic carbocycles. The number of carbonyl (C=O) groups excluding carboxylic acids is 1. The number of methoxy groups -OCH3 is 1. The second-order valence-electron chi connectivity index (χ2n) is 6.15. The van der Waals surface area contributed by atoms with E-state index in [2.05, 4.69) is 5.32 Å². The van der Waals surface area contributed by atoms with E-state index in [1.54, 1.807) is 6.92 Å². The quantitative estimate of drug-likeness (QED) is 0.817. The molecule has 2 rings (SSSR count). The molecule has 4 nitrogen and oxygen atoms in total. The number of ether oxygens (including phenoxy) is 1. The Morgan fingerprint density at radius 3 is 2.48 bits per heavy atom. The standard InChI is InChI=1S/C17H23F2NO3/c1-10(16(21)12-5-8-14(18)15(19)9-12)20-13-6-3-11(4-7-13)17(22)23-2/h5,8-11,13,16,20-21H,3-4,6-7H2,1-2H3. The third-order valence-electron chi connectivity index (χ3n) is 4.52. The fraction of sp³-hybridized carbons (Fsp3) is 0.588. The molecule has 2 unspecified atom stereocenters.